The molecule has 0 aromatic heterocycles. The SMILES string of the molecule is O=P([O-])([O-])O.O=S(=O)([O-])C(F)(F)F.[K+].[K+].[K+]. The number of halogens is 3. The summed E-state index contributed by atoms with van der Waals surface area (Å²) < 4.78 is 67.6. The normalized spacial score (nSPS) is 10.7. The van der Waals surface area contributed by atoms with E-state index < -0.39 is 23.4 Å². The molecule has 7 nitrogen and oxygen atoms in total. The number of phosphoric acid groups is 1. The van der Waals surface area contributed by atoms with Gasteiger partial charge in [0.1, 0.15) is 0 Å². The van der Waals surface area contributed by atoms with E-state index in [1.54, 1.807) is 0 Å². The Kier molecular flexibility index (Phi) is 27.3. The molecule has 0 saturated heterocycles. The Balaban J connectivity index is -0.0000000454. The monoisotopic (exact) mass is 362 g/mol. The summed E-state index contributed by atoms with van der Waals surface area (Å²) >= 11 is 0. The number of hydrogen-bond donors (Lipinski definition) is 1. The van der Waals surface area contributed by atoms with Crippen molar-refractivity contribution in [2.45, 2.75) is 5.51 Å². The first kappa shape index (κ1) is 32.6. The maximum atomic E-state index is 10.7. The first-order valence-corrected chi connectivity index (χ1v) is 4.92. The van der Waals surface area contributed by atoms with Crippen molar-refractivity contribution in [3.63, 3.8) is 0 Å². The summed E-state index contributed by atoms with van der Waals surface area (Å²) in [7, 11) is -11.2. The van der Waals surface area contributed by atoms with Crippen molar-refractivity contribution >= 4 is 17.9 Å². The van der Waals surface area contributed by atoms with Gasteiger partial charge in [-0.1, -0.05) is 0 Å². The summed E-state index contributed by atoms with van der Waals surface area (Å²) in [6.07, 6.45) is 0. The Morgan fingerprint density at radius 3 is 1.12 bits per heavy atom. The van der Waals surface area contributed by atoms with Crippen LogP contribution in [-0.4, -0.2) is 23.4 Å². The Morgan fingerprint density at radius 2 is 1.12 bits per heavy atom. The van der Waals surface area contributed by atoms with E-state index in [-0.39, 0.29) is 154 Å². The molecule has 0 aliphatic rings. The molecule has 0 heterocycles. The van der Waals surface area contributed by atoms with E-state index in [9.17, 15) is 13.2 Å². The summed E-state index contributed by atoms with van der Waals surface area (Å²) in [5.41, 5.74) is -5.65. The molecule has 0 rings (SSSR count). The van der Waals surface area contributed by atoms with Crippen LogP contribution in [0, 0.1) is 0 Å². The standard InChI is InChI=1S/CHF3O3S.3K.H3O4P/c2-1(3,4)8(5,6)7;;;;1-5(2,3)4/h(H,5,6,7);;;;(H3,1,2,3,4)/q;3*+1;/p-3. The van der Waals surface area contributed by atoms with Crippen molar-refractivity contribution in [2.24, 2.45) is 0 Å². The van der Waals surface area contributed by atoms with Crippen molar-refractivity contribution in [1.82, 2.24) is 0 Å². The predicted molar refractivity (Wildman–Crippen MR) is 25.6 cm³/mol. The van der Waals surface area contributed by atoms with E-state index in [1.807, 2.05) is 0 Å². The van der Waals surface area contributed by atoms with Gasteiger partial charge in [-0.3, -0.25) is 0 Å². The molecular formula is CHF3K3O7PS. The Hall–Kier alpha value is 4.72. The van der Waals surface area contributed by atoms with Gasteiger partial charge in [-0.15, -0.1) is 0 Å². The molecule has 1 N–H and O–H groups in total. The van der Waals surface area contributed by atoms with Gasteiger partial charge < -0.3 is 23.8 Å². The first-order valence-electron chi connectivity index (χ1n) is 2.02. The van der Waals surface area contributed by atoms with E-state index in [1.165, 1.54) is 0 Å². The van der Waals surface area contributed by atoms with Gasteiger partial charge in [-0.05, 0) is 0 Å². The summed E-state index contributed by atoms with van der Waals surface area (Å²) in [6, 6.07) is 0. The molecule has 16 heavy (non-hydrogen) atoms. The van der Waals surface area contributed by atoms with Crippen LogP contribution in [0.25, 0.3) is 0 Å². The molecule has 0 aliphatic heterocycles. The van der Waals surface area contributed by atoms with Crippen LogP contribution in [0.15, 0.2) is 0 Å². The van der Waals surface area contributed by atoms with E-state index in [0.717, 1.165) is 0 Å². The third-order valence-electron chi connectivity index (χ3n) is 0.283. The van der Waals surface area contributed by atoms with Crippen LogP contribution in [0.4, 0.5) is 13.2 Å². The van der Waals surface area contributed by atoms with Gasteiger partial charge in [-0.25, -0.2) is 8.42 Å². The molecule has 0 spiro atoms. The molecule has 0 unspecified atom stereocenters. The molecule has 0 aromatic rings. The molecule has 0 radical (unpaired) electrons. The number of alkyl halides is 3. The van der Waals surface area contributed by atoms with Gasteiger partial charge in [-0.2, -0.15) is 13.2 Å². The van der Waals surface area contributed by atoms with Crippen LogP contribution in [0.2, 0.25) is 0 Å². The van der Waals surface area contributed by atoms with E-state index in [2.05, 4.69) is 0 Å². The maximum absolute atomic E-state index is 10.7. The Labute approximate surface area is 217 Å². The minimum absolute atomic E-state index is 0. The second-order valence-corrected chi connectivity index (χ2v) is 3.68. The zero-order valence-electron chi connectivity index (χ0n) is 8.39. The zero-order chi connectivity index (χ0) is 11.5. The van der Waals surface area contributed by atoms with Crippen LogP contribution in [0.3, 0.4) is 0 Å². The van der Waals surface area contributed by atoms with E-state index in [0.29, 0.717) is 0 Å². The van der Waals surface area contributed by atoms with Crippen molar-refractivity contribution < 1.29 is 200 Å². The fourth-order valence-electron chi connectivity index (χ4n) is 0. The van der Waals surface area contributed by atoms with Gasteiger partial charge in [0.05, 0.1) is 7.82 Å². The van der Waals surface area contributed by atoms with Gasteiger partial charge >= 0.3 is 160 Å². The Morgan fingerprint density at radius 1 is 1.06 bits per heavy atom. The van der Waals surface area contributed by atoms with Gasteiger partial charge in [0.25, 0.3) is 0 Å². The fraction of sp³-hybridized carbons (Fsp3) is 1.00. The zero-order valence-corrected chi connectivity index (χ0v) is 19.5. The summed E-state index contributed by atoms with van der Waals surface area (Å²) in [4.78, 5) is 24.3. The van der Waals surface area contributed by atoms with Crippen molar-refractivity contribution in [2.75, 3.05) is 0 Å². The summed E-state index contributed by atoms with van der Waals surface area (Å²) in [6.45, 7) is 0. The second-order valence-electron chi connectivity index (χ2n) is 1.37. The topological polar surface area (TPSA) is 141 Å². The molecule has 0 atom stereocenters. The van der Waals surface area contributed by atoms with Crippen molar-refractivity contribution in [1.29, 1.82) is 0 Å². The van der Waals surface area contributed by atoms with Gasteiger partial charge in [0.2, 0.25) is 0 Å². The summed E-state index contributed by atoms with van der Waals surface area (Å²) in [5, 5.41) is 0. The number of hydrogen-bond acceptors (Lipinski definition) is 6. The summed E-state index contributed by atoms with van der Waals surface area (Å²) in [5.74, 6) is 0. The molecule has 82 valence electrons. The van der Waals surface area contributed by atoms with Crippen molar-refractivity contribution in [3.8, 4) is 0 Å². The minimum Gasteiger partial charge on any atom is -0.790 e. The largest absolute Gasteiger partial charge is 1.00 e. The van der Waals surface area contributed by atoms with Crippen LogP contribution in [-0.2, 0) is 14.7 Å². The van der Waals surface area contributed by atoms with Crippen LogP contribution >= 0.6 is 7.82 Å². The second kappa shape index (κ2) is 13.4. The maximum Gasteiger partial charge on any atom is 1.00 e. The Bertz CT molecular complexity index is 286. The molecule has 0 aliphatic carbocycles. The third kappa shape index (κ3) is 31.2. The van der Waals surface area contributed by atoms with E-state index in [4.69, 9.17) is 32.2 Å². The quantitative estimate of drug-likeness (QED) is 0.195. The average molecular weight is 362 g/mol. The minimum atomic E-state index is -6.09. The molecule has 15 heteroatoms. The van der Waals surface area contributed by atoms with Crippen molar-refractivity contribution in [3.05, 3.63) is 0 Å². The van der Waals surface area contributed by atoms with E-state index >= 15 is 0 Å². The molecule has 0 amide bonds. The fourth-order valence-corrected chi connectivity index (χ4v) is 0. The predicted octanol–water partition coefficient (Wildman–Crippen LogP) is -11.1. The molecule has 0 bridgehead atoms. The molecular weight excluding hydrogens is 361 g/mol. The van der Waals surface area contributed by atoms with Crippen LogP contribution < -0.4 is 164 Å². The molecule has 0 fully saturated rings. The van der Waals surface area contributed by atoms with Crippen LogP contribution in [0.1, 0.15) is 0 Å². The smallest absolute Gasteiger partial charge is 0.790 e. The number of rotatable bonds is 0. The van der Waals surface area contributed by atoms with Gasteiger partial charge in [0.15, 0.2) is 10.1 Å². The van der Waals surface area contributed by atoms with Crippen LogP contribution in [0.5, 0.6) is 0 Å². The average Bonchev–Trinajstić information content (AvgIpc) is 1.50. The first-order chi connectivity index (χ1) is 5.25. The van der Waals surface area contributed by atoms with Gasteiger partial charge in [0, 0.05) is 0 Å². The molecule has 0 saturated carbocycles. The molecule has 0 aromatic carbocycles. The third-order valence-corrected chi connectivity index (χ3v) is 0.850.